The maximum absolute atomic E-state index is 5.70. The summed E-state index contributed by atoms with van der Waals surface area (Å²) in [5.41, 5.74) is 10.4. The first-order chi connectivity index (χ1) is 6.68. The molecule has 1 unspecified atom stereocenters. The van der Waals surface area contributed by atoms with Crippen molar-refractivity contribution in [2.24, 2.45) is 0 Å². The highest BCUT2D eigenvalue weighted by atomic mass is 14.5. The third-order valence-electron chi connectivity index (χ3n) is 2.54. The van der Waals surface area contributed by atoms with Gasteiger partial charge in [-0.2, -0.15) is 0 Å². The van der Waals surface area contributed by atoms with E-state index < -0.39 is 0 Å². The summed E-state index contributed by atoms with van der Waals surface area (Å²) < 4.78 is 0. The van der Waals surface area contributed by atoms with Crippen LogP contribution in [0.2, 0.25) is 0 Å². The molecule has 1 aromatic carbocycles. The van der Waals surface area contributed by atoms with Crippen LogP contribution in [0, 0.1) is 0 Å². The molecule has 1 heteroatoms. The van der Waals surface area contributed by atoms with E-state index in [1.165, 1.54) is 16.7 Å². The molecular weight excluding hydrogens is 170 g/mol. The first kappa shape index (κ1) is 10.8. The molecule has 76 valence electrons. The zero-order chi connectivity index (χ0) is 10.7. The van der Waals surface area contributed by atoms with Crippen LogP contribution < -0.4 is 5.73 Å². The van der Waals surface area contributed by atoms with Crippen LogP contribution in [0.3, 0.4) is 0 Å². The van der Waals surface area contributed by atoms with E-state index in [-0.39, 0.29) is 0 Å². The Labute approximate surface area is 86.6 Å². The minimum absolute atomic E-state index is 0.619. The molecule has 1 aromatic rings. The molecule has 1 nitrogen and oxygen atoms in total. The molecule has 1 aliphatic carbocycles. The van der Waals surface area contributed by atoms with Gasteiger partial charge in [0, 0.05) is 5.69 Å². The summed E-state index contributed by atoms with van der Waals surface area (Å²) in [5, 5.41) is 0. The average molecular weight is 189 g/mol. The maximum atomic E-state index is 5.70. The normalized spacial score (nSPS) is 18.5. The SMILES string of the molecule is C=C1CC(C)c2ccc(N)cc21.CC. The predicted octanol–water partition coefficient (Wildman–Crippen LogP) is 3.82. The number of benzene rings is 1. The van der Waals surface area contributed by atoms with Gasteiger partial charge in [-0.1, -0.05) is 33.4 Å². The highest BCUT2D eigenvalue weighted by molar-refractivity contribution is 5.74. The minimum Gasteiger partial charge on any atom is -0.399 e. The summed E-state index contributed by atoms with van der Waals surface area (Å²) in [6, 6.07) is 6.11. The molecule has 1 atom stereocenters. The van der Waals surface area contributed by atoms with Gasteiger partial charge in [0.2, 0.25) is 0 Å². The van der Waals surface area contributed by atoms with E-state index in [9.17, 15) is 0 Å². The monoisotopic (exact) mass is 189 g/mol. The zero-order valence-corrected chi connectivity index (χ0v) is 9.30. The van der Waals surface area contributed by atoms with Crippen molar-refractivity contribution in [1.82, 2.24) is 0 Å². The van der Waals surface area contributed by atoms with Crippen LogP contribution in [0.5, 0.6) is 0 Å². The van der Waals surface area contributed by atoms with Gasteiger partial charge in [0.1, 0.15) is 0 Å². The fourth-order valence-electron chi connectivity index (χ4n) is 1.90. The number of fused-ring (bicyclic) bond motifs is 1. The van der Waals surface area contributed by atoms with Gasteiger partial charge in [-0.15, -0.1) is 0 Å². The molecule has 0 saturated heterocycles. The lowest BCUT2D eigenvalue weighted by atomic mass is 10.0. The van der Waals surface area contributed by atoms with Crippen LogP contribution in [0.25, 0.3) is 5.57 Å². The third kappa shape index (κ3) is 1.82. The first-order valence-corrected chi connectivity index (χ1v) is 5.26. The molecule has 0 fully saturated rings. The van der Waals surface area contributed by atoms with Gasteiger partial charge in [-0.25, -0.2) is 0 Å². The van der Waals surface area contributed by atoms with Gasteiger partial charge in [-0.05, 0) is 41.2 Å². The van der Waals surface area contributed by atoms with E-state index in [0.29, 0.717) is 5.92 Å². The molecule has 14 heavy (non-hydrogen) atoms. The Bertz CT molecular complexity index is 339. The standard InChI is InChI=1S/C11H13N.C2H6/c1-7-5-8(2)11-6-9(12)3-4-10(7)11;1-2/h3-4,6-7H,2,5,12H2,1H3;1-2H3. The van der Waals surface area contributed by atoms with Crippen LogP contribution in [0.15, 0.2) is 24.8 Å². The van der Waals surface area contributed by atoms with Crippen molar-refractivity contribution in [2.75, 3.05) is 5.73 Å². The highest BCUT2D eigenvalue weighted by Crippen LogP contribution is 2.40. The molecule has 1 aliphatic rings. The Morgan fingerprint density at radius 2 is 2.00 bits per heavy atom. The number of anilines is 1. The van der Waals surface area contributed by atoms with Gasteiger partial charge >= 0.3 is 0 Å². The van der Waals surface area contributed by atoms with Crippen LogP contribution in [-0.4, -0.2) is 0 Å². The number of nitrogen functional groups attached to an aromatic ring is 1. The quantitative estimate of drug-likeness (QED) is 0.617. The Morgan fingerprint density at radius 3 is 2.64 bits per heavy atom. The van der Waals surface area contributed by atoms with Gasteiger partial charge in [0.05, 0.1) is 0 Å². The summed E-state index contributed by atoms with van der Waals surface area (Å²) >= 11 is 0. The van der Waals surface area contributed by atoms with Crippen molar-refractivity contribution in [3.63, 3.8) is 0 Å². The fraction of sp³-hybridized carbons (Fsp3) is 0.385. The lowest BCUT2D eigenvalue weighted by Crippen LogP contribution is -1.89. The van der Waals surface area contributed by atoms with Gasteiger partial charge in [0.25, 0.3) is 0 Å². The number of nitrogens with two attached hydrogens (primary N) is 1. The van der Waals surface area contributed by atoms with Crippen LogP contribution in [0.4, 0.5) is 5.69 Å². The molecule has 0 saturated carbocycles. The topological polar surface area (TPSA) is 26.0 Å². The third-order valence-corrected chi connectivity index (χ3v) is 2.54. The lowest BCUT2D eigenvalue weighted by molar-refractivity contribution is 0.828. The molecule has 0 heterocycles. The summed E-state index contributed by atoms with van der Waals surface area (Å²) in [6.45, 7) is 10.3. The van der Waals surface area contributed by atoms with E-state index in [1.807, 2.05) is 26.0 Å². The van der Waals surface area contributed by atoms with Crippen molar-refractivity contribution in [3.05, 3.63) is 35.9 Å². The van der Waals surface area contributed by atoms with E-state index in [4.69, 9.17) is 5.73 Å². The summed E-state index contributed by atoms with van der Waals surface area (Å²) in [4.78, 5) is 0. The molecule has 0 amide bonds. The first-order valence-electron chi connectivity index (χ1n) is 5.26. The smallest absolute Gasteiger partial charge is 0.0320 e. The van der Waals surface area contributed by atoms with Crippen molar-refractivity contribution < 1.29 is 0 Å². The summed E-state index contributed by atoms with van der Waals surface area (Å²) in [6.07, 6.45) is 1.08. The Kier molecular flexibility index (Phi) is 3.34. The zero-order valence-electron chi connectivity index (χ0n) is 9.30. The second kappa shape index (κ2) is 4.32. The Balaban J connectivity index is 0.000000461. The molecule has 0 radical (unpaired) electrons. The number of hydrogen-bond acceptors (Lipinski definition) is 1. The van der Waals surface area contributed by atoms with Crippen molar-refractivity contribution in [2.45, 2.75) is 33.1 Å². The van der Waals surface area contributed by atoms with Crippen molar-refractivity contribution in [3.8, 4) is 0 Å². The van der Waals surface area contributed by atoms with Gasteiger partial charge in [0.15, 0.2) is 0 Å². The maximum Gasteiger partial charge on any atom is 0.0320 e. The minimum atomic E-state index is 0.619. The molecule has 0 spiro atoms. The van der Waals surface area contributed by atoms with E-state index in [1.54, 1.807) is 0 Å². The molecule has 2 rings (SSSR count). The van der Waals surface area contributed by atoms with Crippen LogP contribution in [0.1, 0.15) is 44.2 Å². The van der Waals surface area contributed by atoms with Gasteiger partial charge in [-0.3, -0.25) is 0 Å². The molecule has 0 aromatic heterocycles. The summed E-state index contributed by atoms with van der Waals surface area (Å²) in [5.74, 6) is 0.619. The van der Waals surface area contributed by atoms with Crippen LogP contribution in [-0.2, 0) is 0 Å². The largest absolute Gasteiger partial charge is 0.399 e. The van der Waals surface area contributed by atoms with Gasteiger partial charge < -0.3 is 5.73 Å². The Morgan fingerprint density at radius 1 is 1.36 bits per heavy atom. The summed E-state index contributed by atoms with van der Waals surface area (Å²) in [7, 11) is 0. The van der Waals surface area contributed by atoms with E-state index >= 15 is 0 Å². The van der Waals surface area contributed by atoms with Crippen molar-refractivity contribution >= 4 is 11.3 Å². The average Bonchev–Trinajstić information content (AvgIpc) is 2.46. The number of allylic oxidation sites excluding steroid dienone is 1. The lowest BCUT2D eigenvalue weighted by Gasteiger charge is -2.03. The fourth-order valence-corrected chi connectivity index (χ4v) is 1.90. The molecule has 2 N–H and O–H groups in total. The number of rotatable bonds is 0. The van der Waals surface area contributed by atoms with E-state index in [0.717, 1.165) is 12.1 Å². The highest BCUT2D eigenvalue weighted by Gasteiger charge is 2.21. The molecular formula is C13H19N. The van der Waals surface area contributed by atoms with Crippen LogP contribution >= 0.6 is 0 Å². The Hall–Kier alpha value is -1.24. The molecule has 0 bridgehead atoms. The second-order valence-corrected chi connectivity index (χ2v) is 3.56. The predicted molar refractivity (Wildman–Crippen MR) is 64.3 cm³/mol. The number of hydrogen-bond donors (Lipinski definition) is 1. The second-order valence-electron chi connectivity index (χ2n) is 3.56. The molecule has 0 aliphatic heterocycles. The van der Waals surface area contributed by atoms with E-state index in [2.05, 4.69) is 19.6 Å². The van der Waals surface area contributed by atoms with Crippen molar-refractivity contribution in [1.29, 1.82) is 0 Å².